The summed E-state index contributed by atoms with van der Waals surface area (Å²) in [6.07, 6.45) is 2.04. The molecule has 29 heavy (non-hydrogen) atoms. The molecule has 1 aliphatic rings. The highest BCUT2D eigenvalue weighted by atomic mass is 32.2. The fourth-order valence-electron chi connectivity index (χ4n) is 3.09. The van der Waals surface area contributed by atoms with Crippen molar-refractivity contribution in [2.24, 2.45) is 0 Å². The average Bonchev–Trinajstić information content (AvgIpc) is 2.68. The molecule has 10 heteroatoms. The number of carbonyl (C=O) groups excluding carboxylic acids is 1. The molecule has 0 radical (unpaired) electrons. The molecule has 0 atom stereocenters. The van der Waals surface area contributed by atoms with Gasteiger partial charge in [-0.15, -0.1) is 0 Å². The molecule has 0 aromatic heterocycles. The zero-order chi connectivity index (χ0) is 21.3. The van der Waals surface area contributed by atoms with Crippen LogP contribution >= 0.6 is 0 Å². The molecule has 0 heterocycles. The zero-order valence-electron chi connectivity index (χ0n) is 16.1. The number of rotatable bonds is 10. The third-order valence-corrected chi connectivity index (χ3v) is 6.12. The maximum absolute atomic E-state index is 12.7. The van der Waals surface area contributed by atoms with E-state index in [2.05, 4.69) is 10.0 Å². The normalized spacial score (nSPS) is 16.0. The minimum atomic E-state index is -4.63. The SMILES string of the molecule is O=C(CCNS(=O)(=O)c1cccc(C(F)(F)F)c1)NCCCOC1CCCCC1. The fourth-order valence-corrected chi connectivity index (χ4v) is 4.17. The van der Waals surface area contributed by atoms with E-state index < -0.39 is 26.7 Å². The van der Waals surface area contributed by atoms with Crippen LogP contribution in [0.5, 0.6) is 0 Å². The highest BCUT2D eigenvalue weighted by Crippen LogP contribution is 2.30. The Balaban J connectivity index is 1.66. The van der Waals surface area contributed by atoms with Gasteiger partial charge in [0.25, 0.3) is 0 Å². The van der Waals surface area contributed by atoms with Crippen LogP contribution in [0.25, 0.3) is 0 Å². The number of alkyl halides is 3. The van der Waals surface area contributed by atoms with Gasteiger partial charge in [-0.2, -0.15) is 13.2 Å². The van der Waals surface area contributed by atoms with Gasteiger partial charge in [0.15, 0.2) is 0 Å². The summed E-state index contributed by atoms with van der Waals surface area (Å²) in [7, 11) is -4.13. The van der Waals surface area contributed by atoms with Crippen molar-refractivity contribution in [2.75, 3.05) is 19.7 Å². The Kier molecular flexibility index (Phi) is 8.91. The smallest absolute Gasteiger partial charge is 0.378 e. The summed E-state index contributed by atoms with van der Waals surface area (Å²) < 4.78 is 70.3. The summed E-state index contributed by atoms with van der Waals surface area (Å²) >= 11 is 0. The quantitative estimate of drug-likeness (QED) is 0.552. The van der Waals surface area contributed by atoms with E-state index in [0.29, 0.717) is 31.7 Å². The monoisotopic (exact) mass is 436 g/mol. The lowest BCUT2D eigenvalue weighted by molar-refractivity contribution is -0.137. The number of halogens is 3. The molecule has 0 unspecified atom stereocenters. The lowest BCUT2D eigenvalue weighted by Crippen LogP contribution is -2.31. The second kappa shape index (κ2) is 10.9. The Hall–Kier alpha value is -1.65. The van der Waals surface area contributed by atoms with Gasteiger partial charge in [-0.1, -0.05) is 25.3 Å². The van der Waals surface area contributed by atoms with E-state index >= 15 is 0 Å². The number of hydrogen-bond acceptors (Lipinski definition) is 4. The van der Waals surface area contributed by atoms with E-state index in [4.69, 9.17) is 4.74 Å². The molecule has 2 N–H and O–H groups in total. The van der Waals surface area contributed by atoms with Crippen molar-refractivity contribution < 1.29 is 31.1 Å². The summed E-state index contributed by atoms with van der Waals surface area (Å²) in [5, 5.41) is 2.67. The maximum atomic E-state index is 12.7. The van der Waals surface area contributed by atoms with E-state index in [1.165, 1.54) is 19.3 Å². The van der Waals surface area contributed by atoms with Gasteiger partial charge in [-0.25, -0.2) is 13.1 Å². The molecule has 0 aliphatic heterocycles. The summed E-state index contributed by atoms with van der Waals surface area (Å²) in [5.41, 5.74) is -1.05. The summed E-state index contributed by atoms with van der Waals surface area (Å²) in [6, 6.07) is 3.46. The molecule has 1 aliphatic carbocycles. The predicted octanol–water partition coefficient (Wildman–Crippen LogP) is 3.23. The van der Waals surface area contributed by atoms with E-state index in [0.717, 1.165) is 31.0 Å². The summed E-state index contributed by atoms with van der Waals surface area (Å²) in [5.74, 6) is -0.339. The number of nitrogens with one attached hydrogen (secondary N) is 2. The van der Waals surface area contributed by atoms with Crippen LogP contribution in [0.4, 0.5) is 13.2 Å². The number of carbonyl (C=O) groups is 1. The lowest BCUT2D eigenvalue weighted by atomic mass is 9.98. The first-order valence-corrected chi connectivity index (χ1v) is 11.2. The number of benzene rings is 1. The van der Waals surface area contributed by atoms with Crippen LogP contribution in [0.2, 0.25) is 0 Å². The second-order valence-corrected chi connectivity index (χ2v) is 8.77. The first kappa shape index (κ1) is 23.6. The van der Waals surface area contributed by atoms with Crippen LogP contribution in [0.1, 0.15) is 50.5 Å². The molecule has 0 bridgehead atoms. The van der Waals surface area contributed by atoms with Crippen LogP contribution in [-0.2, 0) is 25.7 Å². The summed E-state index contributed by atoms with van der Waals surface area (Å²) in [6.45, 7) is 0.780. The van der Waals surface area contributed by atoms with Crippen molar-refractivity contribution in [1.82, 2.24) is 10.0 Å². The van der Waals surface area contributed by atoms with Gasteiger partial charge in [0.1, 0.15) is 0 Å². The Morgan fingerprint density at radius 1 is 1.14 bits per heavy atom. The standard InChI is InChI=1S/C19H27F3N2O4S/c20-19(21,22)15-6-4-9-17(14-15)29(26,27)24-12-10-18(25)23-11-5-13-28-16-7-2-1-3-8-16/h4,6,9,14,16,24H,1-3,5,7-8,10-13H2,(H,23,25). The van der Waals surface area contributed by atoms with Gasteiger partial charge < -0.3 is 10.1 Å². The molecule has 0 spiro atoms. The van der Waals surface area contributed by atoms with Gasteiger partial charge in [-0.3, -0.25) is 4.79 Å². The molecule has 164 valence electrons. The molecule has 1 fully saturated rings. The molecular weight excluding hydrogens is 409 g/mol. The van der Waals surface area contributed by atoms with E-state index in [-0.39, 0.29) is 18.9 Å². The largest absolute Gasteiger partial charge is 0.416 e. The van der Waals surface area contributed by atoms with Crippen LogP contribution < -0.4 is 10.0 Å². The zero-order valence-corrected chi connectivity index (χ0v) is 16.9. The lowest BCUT2D eigenvalue weighted by Gasteiger charge is -2.21. The number of ether oxygens (including phenoxy) is 1. The van der Waals surface area contributed by atoms with Crippen LogP contribution in [0.15, 0.2) is 29.2 Å². The Morgan fingerprint density at radius 2 is 1.86 bits per heavy atom. The number of hydrogen-bond donors (Lipinski definition) is 2. The van der Waals surface area contributed by atoms with Crippen LogP contribution in [0.3, 0.4) is 0 Å². The van der Waals surface area contributed by atoms with Crippen molar-refractivity contribution in [1.29, 1.82) is 0 Å². The van der Waals surface area contributed by atoms with Crippen molar-refractivity contribution >= 4 is 15.9 Å². The van der Waals surface area contributed by atoms with Gasteiger partial charge in [-0.05, 0) is 37.5 Å². The molecule has 1 amide bonds. The molecular formula is C19H27F3N2O4S. The maximum Gasteiger partial charge on any atom is 0.416 e. The van der Waals surface area contributed by atoms with E-state index in [1.807, 2.05) is 0 Å². The molecule has 1 aromatic rings. The van der Waals surface area contributed by atoms with Crippen molar-refractivity contribution in [3.8, 4) is 0 Å². The van der Waals surface area contributed by atoms with E-state index in [9.17, 15) is 26.4 Å². The van der Waals surface area contributed by atoms with Gasteiger partial charge in [0.2, 0.25) is 15.9 Å². The highest BCUT2D eigenvalue weighted by Gasteiger charge is 2.31. The van der Waals surface area contributed by atoms with Crippen LogP contribution in [0, 0.1) is 0 Å². The van der Waals surface area contributed by atoms with Crippen molar-refractivity contribution in [3.63, 3.8) is 0 Å². The molecule has 6 nitrogen and oxygen atoms in total. The van der Waals surface area contributed by atoms with Crippen LogP contribution in [-0.4, -0.2) is 40.1 Å². The second-order valence-electron chi connectivity index (χ2n) is 7.01. The number of sulfonamides is 1. The summed E-state index contributed by atoms with van der Waals surface area (Å²) in [4.78, 5) is 11.3. The molecule has 1 saturated carbocycles. The van der Waals surface area contributed by atoms with Gasteiger partial charge >= 0.3 is 6.18 Å². The first-order chi connectivity index (χ1) is 13.7. The van der Waals surface area contributed by atoms with Crippen molar-refractivity contribution in [3.05, 3.63) is 29.8 Å². The van der Waals surface area contributed by atoms with Gasteiger partial charge in [0, 0.05) is 26.1 Å². The van der Waals surface area contributed by atoms with Gasteiger partial charge in [0.05, 0.1) is 16.6 Å². The minimum absolute atomic E-state index is 0.109. The average molecular weight is 436 g/mol. The predicted molar refractivity (Wildman–Crippen MR) is 102 cm³/mol. The Morgan fingerprint density at radius 3 is 2.55 bits per heavy atom. The highest BCUT2D eigenvalue weighted by molar-refractivity contribution is 7.89. The van der Waals surface area contributed by atoms with Crippen molar-refractivity contribution in [2.45, 2.75) is 62.1 Å². The Labute approximate surface area is 169 Å². The molecule has 1 aromatic carbocycles. The molecule has 2 rings (SSSR count). The molecule has 0 saturated heterocycles. The fraction of sp³-hybridized carbons (Fsp3) is 0.632. The minimum Gasteiger partial charge on any atom is -0.378 e. The topological polar surface area (TPSA) is 84.5 Å². The third kappa shape index (κ3) is 8.31. The number of amides is 1. The first-order valence-electron chi connectivity index (χ1n) is 9.74. The third-order valence-electron chi connectivity index (χ3n) is 4.66. The van der Waals surface area contributed by atoms with E-state index in [1.54, 1.807) is 0 Å². The Bertz CT molecular complexity index is 763.